The van der Waals surface area contributed by atoms with E-state index in [9.17, 15) is 19.2 Å². The number of aryl methyl sites for hydroxylation is 4. The van der Waals surface area contributed by atoms with Crippen molar-refractivity contribution in [3.8, 4) is 0 Å². The number of hydrazine groups is 1. The van der Waals surface area contributed by atoms with Gasteiger partial charge in [0, 0.05) is 82.9 Å². The van der Waals surface area contributed by atoms with Crippen LogP contribution in [0, 0.1) is 12.3 Å². The van der Waals surface area contributed by atoms with Crippen molar-refractivity contribution in [3.63, 3.8) is 0 Å². The lowest BCUT2D eigenvalue weighted by Crippen LogP contribution is -2.48. The molecule has 4 rings (SSSR count). The van der Waals surface area contributed by atoms with E-state index in [1.807, 2.05) is 13.0 Å². The van der Waals surface area contributed by atoms with E-state index in [0.717, 1.165) is 5.56 Å². The van der Waals surface area contributed by atoms with E-state index in [-0.39, 0.29) is 65.2 Å². The summed E-state index contributed by atoms with van der Waals surface area (Å²) in [6.07, 6.45) is 1.85. The lowest BCUT2D eigenvalue weighted by molar-refractivity contribution is 0.0901. The molecule has 1 aromatic carbocycles. The van der Waals surface area contributed by atoms with E-state index in [4.69, 9.17) is 34.3 Å². The molecule has 0 unspecified atom stereocenters. The predicted octanol–water partition coefficient (Wildman–Crippen LogP) is 2.70. The number of carbonyl (C=O) groups is 4. The number of nitrogens with two attached hydrogens (primary N) is 1. The molecule has 260 valence electrons. The van der Waals surface area contributed by atoms with Gasteiger partial charge in [-0.05, 0) is 25.1 Å². The molecule has 0 aliphatic heterocycles. The van der Waals surface area contributed by atoms with Crippen molar-refractivity contribution in [1.29, 1.82) is 5.41 Å². The van der Waals surface area contributed by atoms with Gasteiger partial charge in [-0.25, -0.2) is 10.0 Å². The molecule has 0 saturated carbocycles. The van der Waals surface area contributed by atoms with Crippen LogP contribution in [-0.4, -0.2) is 90.0 Å². The smallest absolute Gasteiger partial charge is 0.275 e. The Labute approximate surface area is 292 Å². The minimum Gasteiger partial charge on any atom is -0.388 e. The topological polar surface area (TPSA) is 201 Å². The molecule has 18 heteroatoms. The van der Waals surface area contributed by atoms with Gasteiger partial charge in [0.1, 0.15) is 17.1 Å². The summed E-state index contributed by atoms with van der Waals surface area (Å²) in [6, 6.07) is 11.6. The number of amides is 4. The first-order valence-electron chi connectivity index (χ1n) is 15.1. The quantitative estimate of drug-likeness (QED) is 0.0536. The van der Waals surface area contributed by atoms with Crippen LogP contribution in [0.15, 0.2) is 48.7 Å². The Morgan fingerprint density at radius 2 is 1.43 bits per heavy atom. The minimum atomic E-state index is -0.581. The molecule has 4 aromatic rings. The number of nitrogens with zero attached hydrogens (tertiary/aromatic N) is 7. The fraction of sp³-hybridized carbons (Fsp3) is 0.323. The molecular formula is C31H38Cl2N12O4. The Morgan fingerprint density at radius 3 is 1.98 bits per heavy atom. The number of amidine groups is 1. The number of aromatic nitrogens is 5. The molecule has 49 heavy (non-hydrogen) atoms. The van der Waals surface area contributed by atoms with Gasteiger partial charge in [0.05, 0.1) is 11.5 Å². The van der Waals surface area contributed by atoms with Crippen LogP contribution in [0.3, 0.4) is 0 Å². The molecule has 0 bridgehead atoms. The van der Waals surface area contributed by atoms with Crippen molar-refractivity contribution in [2.75, 3.05) is 47.0 Å². The van der Waals surface area contributed by atoms with Crippen LogP contribution in [0.25, 0.3) is 0 Å². The first-order chi connectivity index (χ1) is 23.3. The van der Waals surface area contributed by atoms with Gasteiger partial charge in [-0.3, -0.25) is 34.0 Å². The number of alkyl halides is 2. The number of benzene rings is 1. The van der Waals surface area contributed by atoms with Gasteiger partial charge in [-0.1, -0.05) is 17.7 Å². The van der Waals surface area contributed by atoms with Gasteiger partial charge in [-0.2, -0.15) is 10.2 Å². The van der Waals surface area contributed by atoms with Gasteiger partial charge in [0.15, 0.2) is 11.6 Å². The second kappa shape index (κ2) is 16.3. The number of hydrogen-bond donors (Lipinski definition) is 5. The highest BCUT2D eigenvalue weighted by Gasteiger charge is 2.28. The molecule has 16 nitrogen and oxygen atoms in total. The second-order valence-corrected chi connectivity index (χ2v) is 11.8. The lowest BCUT2D eigenvalue weighted by atomic mass is 10.1. The first kappa shape index (κ1) is 36.6. The van der Waals surface area contributed by atoms with Gasteiger partial charge in [0.2, 0.25) is 0 Å². The highest BCUT2D eigenvalue weighted by Crippen LogP contribution is 2.24. The maximum Gasteiger partial charge on any atom is 0.275 e. The van der Waals surface area contributed by atoms with Crippen LogP contribution < -0.4 is 26.7 Å². The van der Waals surface area contributed by atoms with Crippen molar-refractivity contribution in [3.05, 3.63) is 76.9 Å². The third-order valence-corrected chi connectivity index (χ3v) is 7.62. The maximum atomic E-state index is 13.8. The Morgan fingerprint density at radius 1 is 0.857 bits per heavy atom. The number of nitrogens with one attached hydrogen (secondary N) is 4. The van der Waals surface area contributed by atoms with Crippen LogP contribution in [0.5, 0.6) is 0 Å². The van der Waals surface area contributed by atoms with E-state index in [1.54, 1.807) is 54.1 Å². The van der Waals surface area contributed by atoms with Crippen molar-refractivity contribution >= 4 is 70.0 Å². The van der Waals surface area contributed by atoms with Crippen molar-refractivity contribution in [2.45, 2.75) is 13.3 Å². The van der Waals surface area contributed by atoms with Crippen molar-refractivity contribution in [1.82, 2.24) is 34.5 Å². The number of halogens is 2. The Bertz CT molecular complexity index is 1860. The molecule has 0 aliphatic carbocycles. The fourth-order valence-electron chi connectivity index (χ4n) is 4.95. The molecule has 0 atom stereocenters. The number of rotatable bonds is 15. The highest BCUT2D eigenvalue weighted by molar-refractivity contribution is 6.18. The molecule has 0 radical (unpaired) electrons. The zero-order valence-electron chi connectivity index (χ0n) is 27.5. The van der Waals surface area contributed by atoms with E-state index >= 15 is 0 Å². The summed E-state index contributed by atoms with van der Waals surface area (Å²) in [7, 11) is 4.76. The molecular weight excluding hydrogens is 675 g/mol. The van der Waals surface area contributed by atoms with E-state index in [1.165, 1.54) is 33.6 Å². The summed E-state index contributed by atoms with van der Waals surface area (Å²) < 4.78 is 4.17. The third-order valence-electron chi connectivity index (χ3n) is 7.28. The summed E-state index contributed by atoms with van der Waals surface area (Å²) in [4.78, 5) is 52.9. The molecule has 6 N–H and O–H groups in total. The summed E-state index contributed by atoms with van der Waals surface area (Å²) in [5.74, 6) is -1.23. The normalized spacial score (nSPS) is 11.0. The molecule has 3 aromatic heterocycles. The average Bonchev–Trinajstić information content (AvgIpc) is 3.72. The molecule has 0 saturated heterocycles. The molecule has 0 spiro atoms. The molecule has 4 amide bonds. The summed E-state index contributed by atoms with van der Waals surface area (Å²) in [5.41, 5.74) is 7.63. The molecule has 3 heterocycles. The van der Waals surface area contributed by atoms with Gasteiger partial charge >= 0.3 is 0 Å². The van der Waals surface area contributed by atoms with Crippen LogP contribution >= 0.6 is 23.2 Å². The summed E-state index contributed by atoms with van der Waals surface area (Å²) in [5, 5.41) is 26.9. The first-order valence-corrected chi connectivity index (χ1v) is 16.2. The van der Waals surface area contributed by atoms with Crippen LogP contribution in [-0.2, 0) is 21.1 Å². The van der Waals surface area contributed by atoms with E-state index in [2.05, 4.69) is 26.1 Å². The van der Waals surface area contributed by atoms with Crippen LogP contribution in [0.2, 0.25) is 0 Å². The van der Waals surface area contributed by atoms with Gasteiger partial charge < -0.3 is 26.3 Å². The Hall–Kier alpha value is -5.19. The number of hydrogen-bond acceptors (Lipinski definition) is 8. The lowest BCUT2D eigenvalue weighted by Gasteiger charge is -2.33. The Balaban J connectivity index is 1.51. The Kier molecular flexibility index (Phi) is 12.2. The molecule has 0 fully saturated rings. The number of carbonyl (C=O) groups excluding carboxylic acids is 4. The monoisotopic (exact) mass is 712 g/mol. The van der Waals surface area contributed by atoms with E-state index in [0.29, 0.717) is 24.3 Å². The zero-order valence-corrected chi connectivity index (χ0v) is 29.0. The fourth-order valence-corrected chi connectivity index (χ4v) is 5.34. The average molecular weight is 714 g/mol. The standard InChI is InChI=1S/C31H38Cl2N12O4/c1-19-6-5-7-20(14-19)31(49)45(44(12-9-32)13-10-33)21-15-22(41(2)18-21)29(47)37-27-17-24(43(4)40-27)30(48)38-26-16-23(42(3)39-26)28(46)36-11-8-25(34)35/h5-7,14-18H,8-13H2,1-4H3,(H3,34,35)(H,36,46)(H,37,40,47)(H,38,39,48). The SMILES string of the molecule is Cc1cccc(C(=O)N(c2cc(C(=O)Nc3cc(C(=O)Nc4cc(C(=O)NCCC(=N)N)n(C)n4)n(C)n3)n(C)c2)N(CCCl)CCCl)c1. The van der Waals surface area contributed by atoms with Gasteiger partial charge in [-0.15, -0.1) is 23.2 Å². The third kappa shape index (κ3) is 9.04. The number of anilines is 3. The van der Waals surface area contributed by atoms with Crippen molar-refractivity contribution < 1.29 is 19.2 Å². The summed E-state index contributed by atoms with van der Waals surface area (Å²) >= 11 is 12.2. The highest BCUT2D eigenvalue weighted by atomic mass is 35.5. The van der Waals surface area contributed by atoms with Gasteiger partial charge in [0.25, 0.3) is 23.6 Å². The predicted molar refractivity (Wildman–Crippen MR) is 188 cm³/mol. The van der Waals surface area contributed by atoms with Crippen LogP contribution in [0.1, 0.15) is 53.8 Å². The van der Waals surface area contributed by atoms with E-state index < -0.39 is 17.7 Å². The second-order valence-electron chi connectivity index (χ2n) is 11.0. The largest absolute Gasteiger partial charge is 0.388 e. The van der Waals surface area contributed by atoms with Crippen molar-refractivity contribution in [2.24, 2.45) is 26.9 Å². The maximum absolute atomic E-state index is 13.8. The van der Waals surface area contributed by atoms with Crippen LogP contribution in [0.4, 0.5) is 17.3 Å². The zero-order chi connectivity index (χ0) is 35.8. The minimum absolute atomic E-state index is 0.0528. The summed E-state index contributed by atoms with van der Waals surface area (Å²) in [6.45, 7) is 2.73. The molecule has 0 aliphatic rings.